The molecule has 0 saturated heterocycles. The number of ether oxygens (including phenoxy) is 3. The molecule has 0 aliphatic heterocycles. The van der Waals surface area contributed by atoms with Gasteiger partial charge >= 0.3 is 17.9 Å². The highest BCUT2D eigenvalue weighted by Gasteiger charge is 2.20. The number of hydrogen-bond donors (Lipinski definition) is 0. The smallest absolute Gasteiger partial charge is 0.306 e. The Hall–Kier alpha value is -2.11. The number of hydrogen-bond acceptors (Lipinski definition) is 6. The first-order chi connectivity index (χ1) is 41.0. The Kier molecular flexibility index (Phi) is 70.5. The molecule has 0 spiro atoms. The first-order valence-electron chi connectivity index (χ1n) is 37.8. The summed E-state index contributed by atoms with van der Waals surface area (Å²) in [6, 6.07) is 0. The van der Waals surface area contributed by atoms with Crippen molar-refractivity contribution in [3.05, 3.63) is 24.3 Å². The van der Waals surface area contributed by atoms with Gasteiger partial charge in [-0.3, -0.25) is 14.4 Å². The third-order valence-corrected chi connectivity index (χ3v) is 17.5. The van der Waals surface area contributed by atoms with Crippen LogP contribution in [0.15, 0.2) is 24.3 Å². The first kappa shape index (κ1) is 80.9. The molecule has 0 heterocycles. The van der Waals surface area contributed by atoms with Gasteiger partial charge in [-0.25, -0.2) is 0 Å². The van der Waals surface area contributed by atoms with Crippen LogP contribution in [0.5, 0.6) is 0 Å². The van der Waals surface area contributed by atoms with Gasteiger partial charge in [-0.2, -0.15) is 0 Å². The van der Waals surface area contributed by atoms with Crippen LogP contribution in [0.2, 0.25) is 0 Å². The minimum atomic E-state index is -0.768. The maximum Gasteiger partial charge on any atom is 0.306 e. The number of unbranched alkanes of at least 4 members (excludes halogenated alkanes) is 56. The zero-order valence-corrected chi connectivity index (χ0v) is 56.5. The summed E-state index contributed by atoms with van der Waals surface area (Å²) in [6.07, 6.45) is 89.3. The molecule has 0 aromatic carbocycles. The van der Waals surface area contributed by atoms with Crippen LogP contribution in [0.1, 0.15) is 432 Å². The monoisotopic (exact) mass is 1170 g/mol. The minimum absolute atomic E-state index is 0.0632. The number of rotatable bonds is 71. The van der Waals surface area contributed by atoms with Gasteiger partial charge in [0, 0.05) is 19.3 Å². The molecule has 83 heavy (non-hydrogen) atoms. The molecule has 0 amide bonds. The van der Waals surface area contributed by atoms with E-state index in [1.54, 1.807) is 0 Å². The lowest BCUT2D eigenvalue weighted by Gasteiger charge is -2.18. The summed E-state index contributed by atoms with van der Waals surface area (Å²) in [7, 11) is 0. The van der Waals surface area contributed by atoms with Gasteiger partial charge in [0.2, 0.25) is 0 Å². The molecule has 0 N–H and O–H groups in total. The van der Waals surface area contributed by atoms with E-state index in [1.165, 1.54) is 327 Å². The van der Waals surface area contributed by atoms with Crippen LogP contribution < -0.4 is 0 Å². The summed E-state index contributed by atoms with van der Waals surface area (Å²) < 4.78 is 17.0. The molecular formula is C77H146O6. The van der Waals surface area contributed by atoms with Gasteiger partial charge in [-0.15, -0.1) is 0 Å². The standard InChI is InChI=1S/C77H146O6/c1-4-7-10-13-16-19-22-25-28-30-32-34-36-37-38-39-41-42-44-46-49-52-55-58-61-64-67-70-76(79)82-73-74(72-81-75(78)69-66-63-60-57-54-51-48-27-24-21-18-15-12-9-6-3)83-77(80)71-68-65-62-59-56-53-50-47-45-43-40-35-33-31-29-26-23-20-17-14-11-8-5-2/h22,25,30,32,74H,4-21,23-24,26-29,31,33-73H2,1-3H3/b25-22-,32-30-. The highest BCUT2D eigenvalue weighted by Crippen LogP contribution is 2.19. The maximum absolute atomic E-state index is 13.0. The van der Waals surface area contributed by atoms with Crippen LogP contribution in [-0.4, -0.2) is 37.2 Å². The number of carbonyl (C=O) groups excluding carboxylic acids is 3. The Morgan fingerprint density at radius 3 is 0.663 bits per heavy atom. The average Bonchev–Trinajstić information content (AvgIpc) is 3.49. The molecule has 0 bridgehead atoms. The zero-order chi connectivity index (χ0) is 59.9. The van der Waals surface area contributed by atoms with Crippen molar-refractivity contribution < 1.29 is 28.6 Å². The highest BCUT2D eigenvalue weighted by molar-refractivity contribution is 5.71. The lowest BCUT2D eigenvalue weighted by atomic mass is 10.0. The summed E-state index contributed by atoms with van der Waals surface area (Å²) in [5.74, 6) is -0.824. The summed E-state index contributed by atoms with van der Waals surface area (Å²) in [4.78, 5) is 38.5. The summed E-state index contributed by atoms with van der Waals surface area (Å²) in [5.41, 5.74) is 0. The molecule has 0 aliphatic carbocycles. The maximum atomic E-state index is 13.0. The highest BCUT2D eigenvalue weighted by atomic mass is 16.6. The molecule has 0 rings (SSSR count). The van der Waals surface area contributed by atoms with Crippen LogP contribution in [-0.2, 0) is 28.6 Å². The normalized spacial score (nSPS) is 12.1. The number of esters is 3. The molecule has 6 heteroatoms. The van der Waals surface area contributed by atoms with Gasteiger partial charge in [0.25, 0.3) is 0 Å². The molecule has 1 atom stereocenters. The molecule has 6 nitrogen and oxygen atoms in total. The summed E-state index contributed by atoms with van der Waals surface area (Å²) in [5, 5.41) is 0. The fourth-order valence-corrected chi connectivity index (χ4v) is 11.8. The Morgan fingerprint density at radius 1 is 0.241 bits per heavy atom. The largest absolute Gasteiger partial charge is 0.462 e. The van der Waals surface area contributed by atoms with Crippen molar-refractivity contribution in [1.82, 2.24) is 0 Å². The Labute approximate surface area is 519 Å². The summed E-state index contributed by atoms with van der Waals surface area (Å²) >= 11 is 0. The van der Waals surface area contributed by atoms with Gasteiger partial charge in [-0.05, 0) is 51.4 Å². The topological polar surface area (TPSA) is 78.9 Å². The second-order valence-electron chi connectivity index (χ2n) is 25.9. The van der Waals surface area contributed by atoms with Gasteiger partial charge < -0.3 is 14.2 Å². The van der Waals surface area contributed by atoms with E-state index in [1.807, 2.05) is 0 Å². The molecule has 0 aromatic heterocycles. The molecule has 0 fully saturated rings. The van der Waals surface area contributed by atoms with Crippen molar-refractivity contribution in [2.24, 2.45) is 0 Å². The van der Waals surface area contributed by atoms with E-state index in [2.05, 4.69) is 45.1 Å². The lowest BCUT2D eigenvalue weighted by molar-refractivity contribution is -0.167. The zero-order valence-electron chi connectivity index (χ0n) is 56.5. The predicted octanol–water partition coefficient (Wildman–Crippen LogP) is 26.1. The van der Waals surface area contributed by atoms with Crippen LogP contribution >= 0.6 is 0 Å². The predicted molar refractivity (Wildman–Crippen MR) is 363 cm³/mol. The molecule has 0 saturated carbocycles. The fourth-order valence-electron chi connectivity index (χ4n) is 11.8. The Balaban J connectivity index is 4.22. The first-order valence-corrected chi connectivity index (χ1v) is 37.8. The van der Waals surface area contributed by atoms with E-state index in [0.29, 0.717) is 19.3 Å². The molecule has 1 unspecified atom stereocenters. The van der Waals surface area contributed by atoms with Gasteiger partial charge in [0.05, 0.1) is 0 Å². The fraction of sp³-hybridized carbons (Fsp3) is 0.909. The van der Waals surface area contributed by atoms with Crippen molar-refractivity contribution in [3.63, 3.8) is 0 Å². The second-order valence-corrected chi connectivity index (χ2v) is 25.9. The van der Waals surface area contributed by atoms with Crippen molar-refractivity contribution >= 4 is 17.9 Å². The quantitative estimate of drug-likeness (QED) is 0.0261. The number of carbonyl (C=O) groups is 3. The van der Waals surface area contributed by atoms with Crippen molar-refractivity contribution in [2.45, 2.75) is 438 Å². The van der Waals surface area contributed by atoms with E-state index in [-0.39, 0.29) is 31.1 Å². The molecule has 0 aliphatic rings. The molecule has 490 valence electrons. The van der Waals surface area contributed by atoms with Crippen molar-refractivity contribution in [1.29, 1.82) is 0 Å². The van der Waals surface area contributed by atoms with Gasteiger partial charge in [0.15, 0.2) is 6.10 Å². The van der Waals surface area contributed by atoms with E-state index in [0.717, 1.165) is 64.2 Å². The minimum Gasteiger partial charge on any atom is -0.462 e. The van der Waals surface area contributed by atoms with Crippen molar-refractivity contribution in [3.8, 4) is 0 Å². The lowest BCUT2D eigenvalue weighted by Crippen LogP contribution is -2.30. The molecule has 0 radical (unpaired) electrons. The van der Waals surface area contributed by atoms with E-state index in [4.69, 9.17) is 14.2 Å². The van der Waals surface area contributed by atoms with Crippen LogP contribution in [0.4, 0.5) is 0 Å². The van der Waals surface area contributed by atoms with Crippen LogP contribution in [0, 0.1) is 0 Å². The SMILES string of the molecule is CCCCCCC/C=C\C/C=C\CCCCCCCCCCCCCCCCCC(=O)OCC(COC(=O)CCCCCCCCCCCCCCCCC)OC(=O)CCCCCCCCCCCCCCCCCCCCCCCCC. The van der Waals surface area contributed by atoms with E-state index in [9.17, 15) is 14.4 Å². The second kappa shape index (κ2) is 72.4. The molecular weight excluding hydrogens is 1020 g/mol. The third-order valence-electron chi connectivity index (χ3n) is 17.5. The van der Waals surface area contributed by atoms with Crippen LogP contribution in [0.25, 0.3) is 0 Å². The Bertz CT molecular complexity index is 1340. The van der Waals surface area contributed by atoms with Gasteiger partial charge in [0.1, 0.15) is 13.2 Å². The average molecular weight is 1170 g/mol. The van der Waals surface area contributed by atoms with Crippen LogP contribution in [0.3, 0.4) is 0 Å². The van der Waals surface area contributed by atoms with Gasteiger partial charge in [-0.1, -0.05) is 385 Å². The van der Waals surface area contributed by atoms with Crippen molar-refractivity contribution in [2.75, 3.05) is 13.2 Å². The number of allylic oxidation sites excluding steroid dienone is 4. The van der Waals surface area contributed by atoms with E-state index >= 15 is 0 Å². The van der Waals surface area contributed by atoms with E-state index < -0.39 is 6.10 Å². The summed E-state index contributed by atoms with van der Waals surface area (Å²) in [6.45, 7) is 6.73. The molecule has 0 aromatic rings. The third kappa shape index (κ3) is 70.5. The Morgan fingerprint density at radius 2 is 0.434 bits per heavy atom.